The van der Waals surface area contributed by atoms with Gasteiger partial charge in [-0.25, -0.2) is 22.4 Å². The molecule has 0 saturated heterocycles. The van der Waals surface area contributed by atoms with Crippen molar-refractivity contribution in [2.75, 3.05) is 0 Å². The number of ketones is 1. The van der Waals surface area contributed by atoms with Gasteiger partial charge >= 0.3 is 0 Å². The van der Waals surface area contributed by atoms with Crippen LogP contribution in [0.15, 0.2) is 78.1 Å². The molecule has 3 aromatic heterocycles. The van der Waals surface area contributed by atoms with Crippen molar-refractivity contribution in [3.8, 4) is 11.3 Å². The number of fused-ring (bicyclic) bond motifs is 2. The summed E-state index contributed by atoms with van der Waals surface area (Å²) in [7, 11) is -3.82. The van der Waals surface area contributed by atoms with E-state index in [0.717, 1.165) is 37.5 Å². The number of para-hydroxylation sites is 1. The Morgan fingerprint density at radius 2 is 1.72 bits per heavy atom. The summed E-state index contributed by atoms with van der Waals surface area (Å²) in [5.74, 6) is 0.0917. The molecule has 0 aliphatic heterocycles. The normalized spacial score (nSPS) is 15.9. The van der Waals surface area contributed by atoms with E-state index in [4.69, 9.17) is 4.98 Å². The highest BCUT2D eigenvalue weighted by Crippen LogP contribution is 2.40. The van der Waals surface area contributed by atoms with Crippen LogP contribution in [0.1, 0.15) is 49.4 Å². The van der Waals surface area contributed by atoms with Gasteiger partial charge in [0, 0.05) is 28.8 Å². The molecule has 1 N–H and O–H groups in total. The summed E-state index contributed by atoms with van der Waals surface area (Å²) in [4.78, 5) is 26.3. The maximum absolute atomic E-state index is 13.6. The first-order valence-electron chi connectivity index (χ1n) is 12.2. The van der Waals surface area contributed by atoms with Crippen LogP contribution in [-0.2, 0) is 10.0 Å². The largest absolute Gasteiger partial charge is 0.344 e. The Bertz CT molecular complexity index is 1710. The van der Waals surface area contributed by atoms with E-state index in [1.165, 1.54) is 3.97 Å². The van der Waals surface area contributed by atoms with Gasteiger partial charge in [-0.2, -0.15) is 0 Å². The predicted molar refractivity (Wildman–Crippen MR) is 139 cm³/mol. The van der Waals surface area contributed by atoms with Gasteiger partial charge in [-0.15, -0.1) is 0 Å². The lowest BCUT2D eigenvalue weighted by molar-refractivity contribution is 0.0751. The van der Waals surface area contributed by atoms with Crippen LogP contribution in [0.25, 0.3) is 33.3 Å². The lowest BCUT2D eigenvalue weighted by Crippen LogP contribution is -2.30. The first-order chi connectivity index (χ1) is 17.4. The second-order valence-corrected chi connectivity index (χ2v) is 11.6. The molecule has 0 atom stereocenters. The fourth-order valence-electron chi connectivity index (χ4n) is 5.34. The Hall–Kier alpha value is -3.78. The Morgan fingerprint density at radius 1 is 1.00 bits per heavy atom. The number of aromatic amines is 1. The van der Waals surface area contributed by atoms with E-state index in [1.807, 2.05) is 25.1 Å². The minimum absolute atomic E-state index is 0.0917. The fourth-order valence-corrected chi connectivity index (χ4v) is 6.73. The van der Waals surface area contributed by atoms with Crippen LogP contribution in [0.4, 0.5) is 0 Å². The number of Topliss-reactive ketones (excluding diaryl/α,β-unsaturated/α-hetero) is 1. The summed E-state index contributed by atoms with van der Waals surface area (Å²) in [6.45, 7) is 2.05. The topological polar surface area (TPSA) is 97.7 Å². The van der Waals surface area contributed by atoms with Crippen molar-refractivity contribution < 1.29 is 13.2 Å². The summed E-state index contributed by atoms with van der Waals surface area (Å²) in [5.41, 5.74) is 2.92. The Balaban J connectivity index is 1.50. The maximum Gasteiger partial charge on any atom is 0.268 e. The van der Waals surface area contributed by atoms with Crippen LogP contribution >= 0.6 is 0 Å². The quantitative estimate of drug-likeness (QED) is 0.301. The summed E-state index contributed by atoms with van der Waals surface area (Å²) in [6, 6.07) is 15.7. The van der Waals surface area contributed by atoms with Crippen LogP contribution in [0.5, 0.6) is 0 Å². The second kappa shape index (κ2) is 8.41. The maximum atomic E-state index is 13.6. The first kappa shape index (κ1) is 22.7. The lowest BCUT2D eigenvalue weighted by atomic mass is 9.71. The molecule has 182 valence electrons. The number of carbonyl (C=O) groups is 1. The molecule has 6 rings (SSSR count). The van der Waals surface area contributed by atoms with Gasteiger partial charge in [0.15, 0.2) is 11.4 Å². The van der Waals surface area contributed by atoms with Crippen molar-refractivity contribution >= 4 is 37.9 Å². The van der Waals surface area contributed by atoms with E-state index >= 15 is 0 Å². The summed E-state index contributed by atoms with van der Waals surface area (Å²) < 4.78 is 28.3. The van der Waals surface area contributed by atoms with Crippen molar-refractivity contribution in [1.29, 1.82) is 0 Å². The highest BCUT2D eigenvalue weighted by molar-refractivity contribution is 7.90. The standard InChI is InChI=1S/C28H26N4O3S/c1-28(14-8-3-9-15-28)26(33)21-16-29-27-25(21)31-23(17-30-27)22-18-32(24-13-7-6-12-20(22)24)36(34,35)19-10-4-2-5-11-19/h2,4-7,10-13,16-18H,3,8-9,14-15H2,1H3,(H,29,30). The van der Waals surface area contributed by atoms with Gasteiger partial charge in [0.2, 0.25) is 0 Å². The highest BCUT2D eigenvalue weighted by atomic mass is 32.2. The molecule has 0 radical (unpaired) electrons. The fraction of sp³-hybridized carbons (Fsp3) is 0.250. The molecule has 3 heterocycles. The monoisotopic (exact) mass is 498 g/mol. The summed E-state index contributed by atoms with van der Waals surface area (Å²) in [6.07, 6.45) is 9.94. The molecule has 1 aliphatic rings. The zero-order valence-corrected chi connectivity index (χ0v) is 20.8. The van der Waals surface area contributed by atoms with E-state index in [9.17, 15) is 13.2 Å². The van der Waals surface area contributed by atoms with E-state index in [0.29, 0.717) is 33.5 Å². The van der Waals surface area contributed by atoms with Gasteiger partial charge in [-0.3, -0.25) is 4.79 Å². The molecule has 0 amide bonds. The molecule has 5 aromatic rings. The van der Waals surface area contributed by atoms with Crippen molar-refractivity contribution in [2.24, 2.45) is 5.41 Å². The smallest absolute Gasteiger partial charge is 0.268 e. The first-order valence-corrected chi connectivity index (χ1v) is 13.6. The van der Waals surface area contributed by atoms with Crippen LogP contribution in [0.2, 0.25) is 0 Å². The number of nitrogens with zero attached hydrogens (tertiary/aromatic N) is 3. The molecule has 0 spiro atoms. The number of rotatable bonds is 5. The average molecular weight is 499 g/mol. The number of benzene rings is 2. The molecular formula is C28H26N4O3S. The molecule has 0 bridgehead atoms. The molecule has 1 aliphatic carbocycles. The van der Waals surface area contributed by atoms with Crippen molar-refractivity contribution in [3.05, 3.63) is 78.8 Å². The lowest BCUT2D eigenvalue weighted by Gasteiger charge is -2.31. The number of aromatic nitrogens is 4. The Labute approximate surface area is 209 Å². The molecular weight excluding hydrogens is 472 g/mol. The minimum atomic E-state index is -3.82. The molecule has 36 heavy (non-hydrogen) atoms. The van der Waals surface area contributed by atoms with Gasteiger partial charge in [0.1, 0.15) is 5.52 Å². The van der Waals surface area contributed by atoms with Gasteiger partial charge < -0.3 is 4.98 Å². The van der Waals surface area contributed by atoms with Crippen LogP contribution in [0, 0.1) is 5.41 Å². The third-order valence-electron chi connectivity index (χ3n) is 7.38. The van der Waals surface area contributed by atoms with Gasteiger partial charge in [-0.1, -0.05) is 62.6 Å². The van der Waals surface area contributed by atoms with E-state index in [2.05, 4.69) is 9.97 Å². The molecule has 0 unspecified atom stereocenters. The van der Waals surface area contributed by atoms with Crippen molar-refractivity contribution in [1.82, 2.24) is 18.9 Å². The van der Waals surface area contributed by atoms with Crippen molar-refractivity contribution in [3.63, 3.8) is 0 Å². The van der Waals surface area contributed by atoms with Crippen LogP contribution in [0.3, 0.4) is 0 Å². The SMILES string of the molecule is CC1(C(=O)c2c[nH]c3ncc(-c4cn(S(=O)(=O)c5ccccc5)c5ccccc45)nc23)CCCCC1. The number of carbonyl (C=O) groups excluding carboxylic acids is 1. The molecule has 7 nitrogen and oxygen atoms in total. The number of hydrogen-bond donors (Lipinski definition) is 1. The third kappa shape index (κ3) is 3.55. The molecule has 1 fully saturated rings. The predicted octanol–water partition coefficient (Wildman–Crippen LogP) is 5.97. The van der Waals surface area contributed by atoms with Gasteiger partial charge in [-0.05, 0) is 31.0 Å². The summed E-state index contributed by atoms with van der Waals surface area (Å²) >= 11 is 0. The summed E-state index contributed by atoms with van der Waals surface area (Å²) in [5, 5.41) is 0.744. The highest BCUT2D eigenvalue weighted by Gasteiger charge is 2.36. The zero-order chi connectivity index (χ0) is 24.9. The van der Waals surface area contributed by atoms with E-state index in [1.54, 1.807) is 55.0 Å². The van der Waals surface area contributed by atoms with E-state index < -0.39 is 15.4 Å². The molecule has 2 aromatic carbocycles. The zero-order valence-electron chi connectivity index (χ0n) is 19.9. The Kier molecular flexibility index (Phi) is 5.30. The molecule has 8 heteroatoms. The number of hydrogen-bond acceptors (Lipinski definition) is 5. The number of H-pyrrole nitrogens is 1. The minimum Gasteiger partial charge on any atom is -0.344 e. The van der Waals surface area contributed by atoms with Crippen molar-refractivity contribution in [2.45, 2.75) is 43.9 Å². The Morgan fingerprint density at radius 3 is 2.50 bits per heavy atom. The van der Waals surface area contributed by atoms with Crippen LogP contribution < -0.4 is 0 Å². The third-order valence-corrected chi connectivity index (χ3v) is 9.07. The van der Waals surface area contributed by atoms with Gasteiger partial charge in [0.25, 0.3) is 10.0 Å². The number of nitrogens with one attached hydrogen (secondary N) is 1. The molecule has 1 saturated carbocycles. The average Bonchev–Trinajstić information content (AvgIpc) is 3.51. The second-order valence-electron chi connectivity index (χ2n) is 9.78. The van der Waals surface area contributed by atoms with Gasteiger partial charge in [0.05, 0.1) is 27.9 Å². The van der Waals surface area contributed by atoms with E-state index in [-0.39, 0.29) is 10.7 Å². The van der Waals surface area contributed by atoms with Crippen LogP contribution in [-0.4, -0.2) is 33.1 Å².